The van der Waals surface area contributed by atoms with Gasteiger partial charge in [0, 0.05) is 22.5 Å². The van der Waals surface area contributed by atoms with E-state index in [1.54, 1.807) is 6.07 Å². The lowest BCUT2D eigenvalue weighted by atomic mass is 10.0. The zero-order valence-corrected chi connectivity index (χ0v) is 8.87. The first kappa shape index (κ1) is 9.65. The number of rotatable bonds is 1. The molecule has 0 aliphatic rings. The average Bonchev–Trinajstić information content (AvgIpc) is 2.45. The van der Waals surface area contributed by atoms with Gasteiger partial charge >= 0.3 is 0 Å². The fraction of sp³-hybridized carbons (Fsp3) is 0.167. The van der Waals surface area contributed by atoms with Crippen molar-refractivity contribution in [3.8, 4) is 11.1 Å². The molecular formula is C12H14N2O. The Morgan fingerprint density at radius 3 is 2.27 bits per heavy atom. The molecule has 0 fully saturated rings. The number of aryl methyl sites for hydroxylation is 2. The fourth-order valence-corrected chi connectivity index (χ4v) is 1.72. The van der Waals surface area contributed by atoms with Crippen molar-refractivity contribution in [3.63, 3.8) is 0 Å². The number of hydrogen-bond donors (Lipinski definition) is 2. The molecule has 0 saturated carbocycles. The molecule has 1 aromatic heterocycles. The summed E-state index contributed by atoms with van der Waals surface area (Å²) in [5.74, 6) is 1.77. The Morgan fingerprint density at radius 2 is 1.73 bits per heavy atom. The minimum Gasteiger partial charge on any atom is -0.466 e. The molecule has 0 saturated heterocycles. The van der Waals surface area contributed by atoms with Crippen LogP contribution in [0.15, 0.2) is 28.7 Å². The van der Waals surface area contributed by atoms with E-state index in [-0.39, 0.29) is 0 Å². The van der Waals surface area contributed by atoms with Gasteiger partial charge in [-0.15, -0.1) is 0 Å². The molecule has 0 bridgehead atoms. The van der Waals surface area contributed by atoms with Crippen LogP contribution in [0.3, 0.4) is 0 Å². The van der Waals surface area contributed by atoms with E-state index in [9.17, 15) is 0 Å². The van der Waals surface area contributed by atoms with E-state index < -0.39 is 0 Å². The standard InChI is InChI=1S/C12H14N2O/c1-7-5-11(8(2)15-7)10-4-3-9(13)6-12(10)14/h3-6H,13-14H2,1-2H3. The minimum absolute atomic E-state index is 0.675. The van der Waals surface area contributed by atoms with E-state index in [0.717, 1.165) is 22.6 Å². The smallest absolute Gasteiger partial charge is 0.108 e. The quantitative estimate of drug-likeness (QED) is 0.699. The van der Waals surface area contributed by atoms with Crippen molar-refractivity contribution in [2.45, 2.75) is 13.8 Å². The topological polar surface area (TPSA) is 65.2 Å². The van der Waals surface area contributed by atoms with Crippen LogP contribution in [0.4, 0.5) is 11.4 Å². The summed E-state index contributed by atoms with van der Waals surface area (Å²) in [5.41, 5.74) is 14.9. The summed E-state index contributed by atoms with van der Waals surface area (Å²) >= 11 is 0. The Bertz CT molecular complexity index is 500. The van der Waals surface area contributed by atoms with Crippen LogP contribution in [0.2, 0.25) is 0 Å². The summed E-state index contributed by atoms with van der Waals surface area (Å²) in [4.78, 5) is 0. The molecule has 15 heavy (non-hydrogen) atoms. The summed E-state index contributed by atoms with van der Waals surface area (Å²) in [6.45, 7) is 3.85. The number of anilines is 2. The first-order valence-electron chi connectivity index (χ1n) is 4.80. The fourth-order valence-electron chi connectivity index (χ4n) is 1.72. The minimum atomic E-state index is 0.675. The second-order valence-corrected chi connectivity index (χ2v) is 3.67. The molecule has 0 aliphatic carbocycles. The first-order valence-corrected chi connectivity index (χ1v) is 4.80. The number of hydrogen-bond acceptors (Lipinski definition) is 3. The van der Waals surface area contributed by atoms with Gasteiger partial charge in [-0.3, -0.25) is 0 Å². The van der Waals surface area contributed by atoms with Gasteiger partial charge in [-0.2, -0.15) is 0 Å². The molecule has 0 aliphatic heterocycles. The Hall–Kier alpha value is -1.90. The van der Waals surface area contributed by atoms with Crippen LogP contribution in [-0.2, 0) is 0 Å². The molecule has 2 rings (SSSR count). The SMILES string of the molecule is Cc1cc(-c2ccc(N)cc2N)c(C)o1. The van der Waals surface area contributed by atoms with Gasteiger partial charge in [-0.1, -0.05) is 6.07 Å². The summed E-state index contributed by atoms with van der Waals surface area (Å²) < 4.78 is 5.47. The van der Waals surface area contributed by atoms with Crippen molar-refractivity contribution in [2.75, 3.05) is 11.5 Å². The molecule has 0 unspecified atom stereocenters. The Balaban J connectivity index is 2.59. The van der Waals surface area contributed by atoms with Gasteiger partial charge in [0.05, 0.1) is 0 Å². The van der Waals surface area contributed by atoms with Gasteiger partial charge in [-0.25, -0.2) is 0 Å². The van der Waals surface area contributed by atoms with Gasteiger partial charge in [0.25, 0.3) is 0 Å². The molecule has 0 atom stereocenters. The van der Waals surface area contributed by atoms with Crippen LogP contribution >= 0.6 is 0 Å². The highest BCUT2D eigenvalue weighted by molar-refractivity contribution is 5.80. The highest BCUT2D eigenvalue weighted by Gasteiger charge is 2.09. The second kappa shape index (κ2) is 3.35. The highest BCUT2D eigenvalue weighted by atomic mass is 16.3. The molecule has 3 nitrogen and oxygen atoms in total. The molecule has 3 heteroatoms. The molecule has 0 radical (unpaired) electrons. The molecule has 0 amide bonds. The lowest BCUT2D eigenvalue weighted by Crippen LogP contribution is -1.93. The monoisotopic (exact) mass is 202 g/mol. The Kier molecular flexibility index (Phi) is 2.15. The third-order valence-electron chi connectivity index (χ3n) is 2.41. The second-order valence-electron chi connectivity index (χ2n) is 3.67. The van der Waals surface area contributed by atoms with Crippen LogP contribution in [-0.4, -0.2) is 0 Å². The lowest BCUT2D eigenvalue weighted by Gasteiger charge is -2.04. The van der Waals surface area contributed by atoms with Crippen LogP contribution in [0.1, 0.15) is 11.5 Å². The van der Waals surface area contributed by atoms with Crippen molar-refractivity contribution in [3.05, 3.63) is 35.8 Å². The van der Waals surface area contributed by atoms with Crippen LogP contribution in [0.25, 0.3) is 11.1 Å². The van der Waals surface area contributed by atoms with Gasteiger partial charge < -0.3 is 15.9 Å². The Morgan fingerprint density at radius 1 is 1.00 bits per heavy atom. The van der Waals surface area contributed by atoms with E-state index in [4.69, 9.17) is 15.9 Å². The Labute approximate surface area is 88.7 Å². The molecule has 4 N–H and O–H groups in total. The summed E-state index contributed by atoms with van der Waals surface area (Å²) in [7, 11) is 0. The number of nitrogens with two attached hydrogens (primary N) is 2. The summed E-state index contributed by atoms with van der Waals surface area (Å²) in [5, 5.41) is 0. The van der Waals surface area contributed by atoms with Crippen LogP contribution < -0.4 is 11.5 Å². The van der Waals surface area contributed by atoms with E-state index in [0.29, 0.717) is 11.4 Å². The van der Waals surface area contributed by atoms with Crippen molar-refractivity contribution in [1.82, 2.24) is 0 Å². The van der Waals surface area contributed by atoms with Crippen LogP contribution in [0.5, 0.6) is 0 Å². The van der Waals surface area contributed by atoms with Crippen molar-refractivity contribution < 1.29 is 4.42 Å². The van der Waals surface area contributed by atoms with E-state index >= 15 is 0 Å². The molecule has 2 aromatic rings. The third kappa shape index (κ3) is 1.68. The number of benzene rings is 1. The van der Waals surface area contributed by atoms with Gasteiger partial charge in [0.1, 0.15) is 11.5 Å². The predicted octanol–water partition coefficient (Wildman–Crippen LogP) is 2.73. The van der Waals surface area contributed by atoms with Gasteiger partial charge in [0.2, 0.25) is 0 Å². The van der Waals surface area contributed by atoms with E-state index in [1.165, 1.54) is 0 Å². The number of furan rings is 1. The molecule has 78 valence electrons. The maximum Gasteiger partial charge on any atom is 0.108 e. The van der Waals surface area contributed by atoms with Gasteiger partial charge in [-0.05, 0) is 32.0 Å². The van der Waals surface area contributed by atoms with Crippen molar-refractivity contribution >= 4 is 11.4 Å². The van der Waals surface area contributed by atoms with Gasteiger partial charge in [0.15, 0.2) is 0 Å². The average molecular weight is 202 g/mol. The van der Waals surface area contributed by atoms with E-state index in [2.05, 4.69) is 0 Å². The van der Waals surface area contributed by atoms with Crippen molar-refractivity contribution in [2.24, 2.45) is 0 Å². The molecule has 1 heterocycles. The maximum atomic E-state index is 5.91. The molecular weight excluding hydrogens is 188 g/mol. The normalized spacial score (nSPS) is 10.5. The zero-order chi connectivity index (χ0) is 11.0. The zero-order valence-electron chi connectivity index (χ0n) is 8.87. The van der Waals surface area contributed by atoms with Crippen LogP contribution in [0, 0.1) is 13.8 Å². The maximum absolute atomic E-state index is 5.91. The first-order chi connectivity index (χ1) is 7.08. The summed E-state index contributed by atoms with van der Waals surface area (Å²) in [6, 6.07) is 7.50. The highest BCUT2D eigenvalue weighted by Crippen LogP contribution is 2.31. The molecule has 1 aromatic carbocycles. The van der Waals surface area contributed by atoms with Crippen molar-refractivity contribution in [1.29, 1.82) is 0 Å². The summed E-state index contributed by atoms with van der Waals surface area (Å²) in [6.07, 6.45) is 0. The predicted molar refractivity (Wildman–Crippen MR) is 62.4 cm³/mol. The van der Waals surface area contributed by atoms with E-state index in [1.807, 2.05) is 32.0 Å². The lowest BCUT2D eigenvalue weighted by molar-refractivity contribution is 0.505. The molecule has 0 spiro atoms. The number of nitrogen functional groups attached to an aromatic ring is 2. The largest absolute Gasteiger partial charge is 0.466 e. The third-order valence-corrected chi connectivity index (χ3v) is 2.41.